The van der Waals surface area contributed by atoms with Gasteiger partial charge in [0.1, 0.15) is 0 Å². The molecule has 0 aliphatic heterocycles. The summed E-state index contributed by atoms with van der Waals surface area (Å²) in [5, 5.41) is 13.6. The van der Waals surface area contributed by atoms with Gasteiger partial charge in [-0.05, 0) is 32.0 Å². The minimum absolute atomic E-state index is 0.0775. The Kier molecular flexibility index (Phi) is 4.34. The van der Waals surface area contributed by atoms with E-state index in [1.54, 1.807) is 11.3 Å². The average Bonchev–Trinajstić information content (AvgIpc) is 2.81. The van der Waals surface area contributed by atoms with E-state index in [0.29, 0.717) is 5.56 Å². The normalized spacial score (nSPS) is 12.8. The van der Waals surface area contributed by atoms with Gasteiger partial charge >= 0.3 is 0 Å². The Balaban J connectivity index is 2.22. The summed E-state index contributed by atoms with van der Waals surface area (Å²) in [4.78, 5) is 5.96. The molecule has 0 bridgehead atoms. The van der Waals surface area contributed by atoms with Crippen molar-refractivity contribution in [2.24, 2.45) is 0 Å². The van der Waals surface area contributed by atoms with Crippen molar-refractivity contribution in [3.8, 4) is 6.07 Å². The van der Waals surface area contributed by atoms with Gasteiger partial charge in [-0.25, -0.2) is 4.98 Å². The molecule has 2 rings (SSSR count). The zero-order chi connectivity index (χ0) is 15.6. The molecule has 0 fully saturated rings. The predicted molar refractivity (Wildman–Crippen MR) is 88.7 cm³/mol. The summed E-state index contributed by atoms with van der Waals surface area (Å²) in [6, 6.07) is 9.90. The maximum absolute atomic E-state index is 8.96. The molecular weight excluding hydrogens is 278 g/mol. The second-order valence-electron chi connectivity index (χ2n) is 6.28. The summed E-state index contributed by atoms with van der Waals surface area (Å²) in [6.07, 6.45) is 0. The Bertz CT molecular complexity index is 674. The van der Waals surface area contributed by atoms with Gasteiger partial charge in [-0.15, -0.1) is 11.3 Å². The van der Waals surface area contributed by atoms with E-state index in [1.807, 2.05) is 24.3 Å². The van der Waals surface area contributed by atoms with Crippen LogP contribution in [-0.4, -0.2) is 4.98 Å². The van der Waals surface area contributed by atoms with E-state index in [0.717, 1.165) is 16.4 Å². The summed E-state index contributed by atoms with van der Waals surface area (Å²) in [5.41, 5.74) is 2.80. The molecular formula is C17H21N3S. The van der Waals surface area contributed by atoms with Crippen molar-refractivity contribution in [3.63, 3.8) is 0 Å². The molecule has 0 aliphatic carbocycles. The van der Waals surface area contributed by atoms with E-state index < -0.39 is 0 Å². The van der Waals surface area contributed by atoms with Crippen LogP contribution in [-0.2, 0) is 5.41 Å². The van der Waals surface area contributed by atoms with Crippen LogP contribution in [0.5, 0.6) is 0 Å². The third-order valence-corrected chi connectivity index (χ3v) is 5.01. The van der Waals surface area contributed by atoms with Crippen LogP contribution < -0.4 is 5.32 Å². The van der Waals surface area contributed by atoms with E-state index in [-0.39, 0.29) is 11.5 Å². The molecule has 0 spiro atoms. The van der Waals surface area contributed by atoms with E-state index in [1.165, 1.54) is 4.88 Å². The molecule has 1 unspecified atom stereocenters. The smallest absolute Gasteiger partial charge is 0.0992 e. The number of hydrogen-bond donors (Lipinski definition) is 1. The van der Waals surface area contributed by atoms with Crippen LogP contribution in [0.4, 0.5) is 5.69 Å². The summed E-state index contributed by atoms with van der Waals surface area (Å²) >= 11 is 1.77. The fourth-order valence-electron chi connectivity index (χ4n) is 2.12. The number of nitrogens with one attached hydrogen (secondary N) is 1. The van der Waals surface area contributed by atoms with Gasteiger partial charge in [-0.3, -0.25) is 0 Å². The van der Waals surface area contributed by atoms with E-state index in [2.05, 4.69) is 46.0 Å². The van der Waals surface area contributed by atoms with Crippen molar-refractivity contribution >= 4 is 17.0 Å². The van der Waals surface area contributed by atoms with Gasteiger partial charge in [-0.2, -0.15) is 5.26 Å². The number of rotatable bonds is 3. The first-order valence-corrected chi connectivity index (χ1v) is 7.87. The van der Waals surface area contributed by atoms with Crippen molar-refractivity contribution in [3.05, 3.63) is 45.4 Å². The summed E-state index contributed by atoms with van der Waals surface area (Å²) in [7, 11) is 0. The third kappa shape index (κ3) is 3.62. The highest BCUT2D eigenvalue weighted by atomic mass is 32.1. The van der Waals surface area contributed by atoms with Crippen LogP contribution in [0.3, 0.4) is 0 Å². The van der Waals surface area contributed by atoms with Crippen molar-refractivity contribution < 1.29 is 0 Å². The lowest BCUT2D eigenvalue weighted by Gasteiger charge is -2.15. The lowest BCUT2D eigenvalue weighted by molar-refractivity contribution is 0.584. The van der Waals surface area contributed by atoms with Gasteiger partial charge in [0.25, 0.3) is 0 Å². The first-order valence-electron chi connectivity index (χ1n) is 7.06. The molecule has 0 aliphatic rings. The van der Waals surface area contributed by atoms with E-state index >= 15 is 0 Å². The molecule has 1 aromatic carbocycles. The summed E-state index contributed by atoms with van der Waals surface area (Å²) in [5.74, 6) is 0. The second-order valence-corrected chi connectivity index (χ2v) is 7.31. The maximum atomic E-state index is 8.96. The van der Waals surface area contributed by atoms with E-state index in [9.17, 15) is 0 Å². The Morgan fingerprint density at radius 2 is 2.05 bits per heavy atom. The van der Waals surface area contributed by atoms with Gasteiger partial charge in [0, 0.05) is 16.0 Å². The standard InChI is InChI=1S/C17H21N3S/c1-11(19-14-8-6-7-13(9-14)10-18)15-12(2)20-16(21-15)17(3,4)5/h6-9,11,19H,1-5H3. The Labute approximate surface area is 130 Å². The average molecular weight is 299 g/mol. The molecule has 1 atom stereocenters. The zero-order valence-corrected chi connectivity index (χ0v) is 14.0. The van der Waals surface area contributed by atoms with Gasteiger partial charge < -0.3 is 5.32 Å². The monoisotopic (exact) mass is 299 g/mol. The molecule has 1 aromatic heterocycles. The number of aromatic nitrogens is 1. The molecule has 0 radical (unpaired) electrons. The first kappa shape index (κ1) is 15.5. The highest BCUT2D eigenvalue weighted by molar-refractivity contribution is 7.12. The molecule has 4 heteroatoms. The van der Waals surface area contributed by atoms with Crippen LogP contribution in [0, 0.1) is 18.3 Å². The van der Waals surface area contributed by atoms with Crippen LogP contribution in [0.2, 0.25) is 0 Å². The minimum atomic E-state index is 0.0775. The SMILES string of the molecule is Cc1nc(C(C)(C)C)sc1C(C)Nc1cccc(C#N)c1. The molecule has 1 N–H and O–H groups in total. The Hall–Kier alpha value is -1.86. The van der Waals surface area contributed by atoms with Crippen LogP contribution in [0.1, 0.15) is 54.9 Å². The number of benzene rings is 1. The number of thiazole rings is 1. The summed E-state index contributed by atoms with van der Waals surface area (Å²) < 4.78 is 0. The lowest BCUT2D eigenvalue weighted by atomic mass is 9.98. The number of hydrogen-bond acceptors (Lipinski definition) is 4. The zero-order valence-electron chi connectivity index (χ0n) is 13.2. The number of anilines is 1. The number of aryl methyl sites for hydroxylation is 1. The maximum Gasteiger partial charge on any atom is 0.0992 e. The number of nitriles is 1. The fraction of sp³-hybridized carbons (Fsp3) is 0.412. The van der Waals surface area contributed by atoms with E-state index in [4.69, 9.17) is 10.2 Å². The Morgan fingerprint density at radius 3 is 2.62 bits per heavy atom. The molecule has 21 heavy (non-hydrogen) atoms. The first-order chi connectivity index (χ1) is 9.81. The molecule has 110 valence electrons. The molecule has 0 amide bonds. The highest BCUT2D eigenvalue weighted by Gasteiger charge is 2.22. The van der Waals surface area contributed by atoms with Crippen molar-refractivity contribution in [1.29, 1.82) is 5.26 Å². The molecule has 0 saturated carbocycles. The third-order valence-electron chi connectivity index (χ3n) is 3.24. The largest absolute Gasteiger partial charge is 0.378 e. The highest BCUT2D eigenvalue weighted by Crippen LogP contribution is 2.33. The molecule has 1 heterocycles. The molecule has 2 aromatic rings. The molecule has 3 nitrogen and oxygen atoms in total. The second kappa shape index (κ2) is 5.87. The van der Waals surface area contributed by atoms with Gasteiger partial charge in [0.2, 0.25) is 0 Å². The van der Waals surface area contributed by atoms with Crippen LogP contribution in [0.15, 0.2) is 24.3 Å². The van der Waals surface area contributed by atoms with Gasteiger partial charge in [0.05, 0.1) is 28.4 Å². The van der Waals surface area contributed by atoms with Crippen molar-refractivity contribution in [1.82, 2.24) is 4.98 Å². The predicted octanol–water partition coefficient (Wildman–Crippen LogP) is 4.79. The van der Waals surface area contributed by atoms with Crippen molar-refractivity contribution in [2.75, 3.05) is 5.32 Å². The number of nitrogens with zero attached hydrogens (tertiary/aromatic N) is 2. The van der Waals surface area contributed by atoms with Crippen LogP contribution in [0.25, 0.3) is 0 Å². The lowest BCUT2D eigenvalue weighted by Crippen LogP contribution is -2.10. The quantitative estimate of drug-likeness (QED) is 0.886. The Morgan fingerprint density at radius 1 is 1.33 bits per heavy atom. The van der Waals surface area contributed by atoms with Crippen molar-refractivity contribution in [2.45, 2.75) is 46.1 Å². The fourth-order valence-corrected chi connectivity index (χ4v) is 3.25. The van der Waals surface area contributed by atoms with Gasteiger partial charge in [-0.1, -0.05) is 26.8 Å². The molecule has 0 saturated heterocycles. The minimum Gasteiger partial charge on any atom is -0.378 e. The van der Waals surface area contributed by atoms with Crippen LogP contribution >= 0.6 is 11.3 Å². The topological polar surface area (TPSA) is 48.7 Å². The van der Waals surface area contributed by atoms with Gasteiger partial charge in [0.15, 0.2) is 0 Å². The summed E-state index contributed by atoms with van der Waals surface area (Å²) in [6.45, 7) is 10.7.